The van der Waals surface area contributed by atoms with E-state index in [-0.39, 0.29) is 0 Å². The molecule has 2 nitrogen and oxygen atoms in total. The van der Waals surface area contributed by atoms with Gasteiger partial charge >= 0.3 is 0 Å². The largest absolute Gasteiger partial charge is 0.489 e. The van der Waals surface area contributed by atoms with Gasteiger partial charge in [0.05, 0.1) is 10.7 Å². The number of anilines is 1. The van der Waals surface area contributed by atoms with Gasteiger partial charge in [0.15, 0.2) is 0 Å². The van der Waals surface area contributed by atoms with Crippen LogP contribution in [0.15, 0.2) is 66.7 Å². The lowest BCUT2D eigenvalue weighted by Crippen LogP contribution is -2.01. The first-order chi connectivity index (χ1) is 12.1. The van der Waals surface area contributed by atoms with Crippen molar-refractivity contribution < 1.29 is 4.74 Å². The smallest absolute Gasteiger partial charge is 0.120 e. The molecule has 0 atom stereocenters. The maximum atomic E-state index is 6.18. The van der Waals surface area contributed by atoms with Crippen LogP contribution < -0.4 is 10.1 Å². The van der Waals surface area contributed by atoms with Crippen LogP contribution in [0.5, 0.6) is 5.75 Å². The van der Waals surface area contributed by atoms with Crippen molar-refractivity contribution >= 4 is 28.9 Å². The Morgan fingerprint density at radius 3 is 2.52 bits per heavy atom. The van der Waals surface area contributed by atoms with Crippen LogP contribution in [0, 0.1) is 6.92 Å². The monoisotopic (exact) mass is 371 g/mol. The third-order valence-electron chi connectivity index (χ3n) is 3.80. The van der Waals surface area contributed by atoms with Crippen LogP contribution in [0.3, 0.4) is 0 Å². The lowest BCUT2D eigenvalue weighted by atomic mass is 10.1. The highest BCUT2D eigenvalue weighted by atomic mass is 35.5. The number of ether oxygens (including phenoxy) is 1. The normalized spacial score (nSPS) is 10.5. The fraction of sp³-hybridized carbons (Fsp3) is 0.143. The molecule has 1 N–H and O–H groups in total. The zero-order valence-electron chi connectivity index (χ0n) is 13.9. The van der Waals surface area contributed by atoms with Gasteiger partial charge in [-0.1, -0.05) is 65.2 Å². The number of rotatable bonds is 6. The molecule has 0 aliphatic rings. The molecule has 4 heteroatoms. The highest BCUT2D eigenvalue weighted by molar-refractivity contribution is 6.35. The topological polar surface area (TPSA) is 21.3 Å². The Labute approximate surface area is 158 Å². The van der Waals surface area contributed by atoms with Gasteiger partial charge in [0.1, 0.15) is 12.4 Å². The Morgan fingerprint density at radius 2 is 1.68 bits per heavy atom. The molecule has 0 aromatic heterocycles. The summed E-state index contributed by atoms with van der Waals surface area (Å²) in [7, 11) is 0. The Morgan fingerprint density at radius 1 is 0.880 bits per heavy atom. The third-order valence-corrected chi connectivity index (χ3v) is 4.36. The second kappa shape index (κ2) is 8.28. The van der Waals surface area contributed by atoms with E-state index in [1.807, 2.05) is 36.4 Å². The van der Waals surface area contributed by atoms with Crippen molar-refractivity contribution in [3.63, 3.8) is 0 Å². The molecule has 0 radical (unpaired) electrons. The summed E-state index contributed by atoms with van der Waals surface area (Å²) in [5.41, 5.74) is 4.32. The molecule has 0 heterocycles. The van der Waals surface area contributed by atoms with Crippen LogP contribution in [-0.4, -0.2) is 0 Å². The Hall–Kier alpha value is -2.16. The zero-order valence-corrected chi connectivity index (χ0v) is 15.4. The van der Waals surface area contributed by atoms with Gasteiger partial charge in [0, 0.05) is 11.6 Å². The molecule has 3 rings (SSSR count). The molecular weight excluding hydrogens is 353 g/mol. The molecule has 25 heavy (non-hydrogen) atoms. The number of benzene rings is 3. The van der Waals surface area contributed by atoms with Crippen molar-refractivity contribution in [2.24, 2.45) is 0 Å². The number of halogens is 2. The fourth-order valence-corrected chi connectivity index (χ4v) is 2.90. The van der Waals surface area contributed by atoms with Gasteiger partial charge in [-0.15, -0.1) is 0 Å². The summed E-state index contributed by atoms with van der Waals surface area (Å²) in [5.74, 6) is 0.845. The molecule has 3 aromatic carbocycles. The molecule has 0 amide bonds. The molecule has 3 aromatic rings. The number of hydrogen-bond donors (Lipinski definition) is 1. The summed E-state index contributed by atoms with van der Waals surface area (Å²) >= 11 is 12.2. The first-order valence-corrected chi connectivity index (χ1v) is 8.82. The molecule has 0 fully saturated rings. The van der Waals surface area contributed by atoms with Crippen molar-refractivity contribution in [1.82, 2.24) is 0 Å². The molecular formula is C21H19Cl2NO. The Balaban J connectivity index is 1.62. The maximum absolute atomic E-state index is 6.18. The van der Waals surface area contributed by atoms with E-state index in [1.165, 1.54) is 5.56 Å². The molecule has 0 spiro atoms. The van der Waals surface area contributed by atoms with E-state index in [2.05, 4.69) is 30.4 Å². The third kappa shape index (κ3) is 5.15. The summed E-state index contributed by atoms with van der Waals surface area (Å²) in [4.78, 5) is 0. The van der Waals surface area contributed by atoms with Crippen molar-refractivity contribution in [3.05, 3.63) is 93.5 Å². The standard InChI is InChI=1S/C21H19Cl2NO/c1-15-4-2-6-17(10-15)14-25-19-7-3-5-16(11-19)13-24-21-12-18(22)8-9-20(21)23/h2-12,24H,13-14H2,1H3. The van der Waals surface area contributed by atoms with Crippen LogP contribution in [-0.2, 0) is 13.2 Å². The fourth-order valence-electron chi connectivity index (χ4n) is 2.54. The lowest BCUT2D eigenvalue weighted by molar-refractivity contribution is 0.306. The van der Waals surface area contributed by atoms with Crippen LogP contribution in [0.4, 0.5) is 5.69 Å². The lowest BCUT2D eigenvalue weighted by Gasteiger charge is -2.11. The molecule has 0 saturated carbocycles. The first kappa shape index (κ1) is 17.7. The Bertz CT molecular complexity index is 864. The van der Waals surface area contributed by atoms with Gasteiger partial charge in [0.2, 0.25) is 0 Å². The minimum atomic E-state index is 0.554. The first-order valence-electron chi connectivity index (χ1n) is 8.06. The average Bonchev–Trinajstić information content (AvgIpc) is 2.61. The van der Waals surface area contributed by atoms with Gasteiger partial charge < -0.3 is 10.1 Å². The Kier molecular flexibility index (Phi) is 5.85. The molecule has 0 unspecified atom stereocenters. The predicted molar refractivity (Wildman–Crippen MR) is 106 cm³/mol. The summed E-state index contributed by atoms with van der Waals surface area (Å²) in [6.45, 7) is 3.27. The highest BCUT2D eigenvalue weighted by Gasteiger charge is 2.03. The number of aryl methyl sites for hydroxylation is 1. The van der Waals surface area contributed by atoms with Crippen LogP contribution in [0.1, 0.15) is 16.7 Å². The quantitative estimate of drug-likeness (QED) is 0.534. The van der Waals surface area contributed by atoms with Crippen LogP contribution >= 0.6 is 23.2 Å². The van der Waals surface area contributed by atoms with Gasteiger partial charge in [0.25, 0.3) is 0 Å². The SMILES string of the molecule is Cc1cccc(COc2cccc(CNc3cc(Cl)ccc3Cl)c2)c1. The molecule has 0 aliphatic heterocycles. The minimum Gasteiger partial charge on any atom is -0.489 e. The summed E-state index contributed by atoms with van der Waals surface area (Å²) in [5, 5.41) is 4.61. The van der Waals surface area contributed by atoms with E-state index in [4.69, 9.17) is 27.9 Å². The summed E-state index contributed by atoms with van der Waals surface area (Å²) in [6, 6.07) is 21.7. The summed E-state index contributed by atoms with van der Waals surface area (Å²) in [6.07, 6.45) is 0. The van der Waals surface area contributed by atoms with E-state index in [9.17, 15) is 0 Å². The molecule has 128 valence electrons. The molecule has 0 aliphatic carbocycles. The van der Waals surface area contributed by atoms with E-state index in [0.29, 0.717) is 23.2 Å². The molecule has 0 saturated heterocycles. The second-order valence-corrected chi connectivity index (χ2v) is 6.75. The predicted octanol–water partition coefficient (Wildman–Crippen LogP) is 6.49. The maximum Gasteiger partial charge on any atom is 0.120 e. The second-order valence-electron chi connectivity index (χ2n) is 5.90. The van der Waals surface area contributed by atoms with Crippen molar-refractivity contribution in [1.29, 1.82) is 0 Å². The van der Waals surface area contributed by atoms with Crippen molar-refractivity contribution in [2.75, 3.05) is 5.32 Å². The molecule has 0 bridgehead atoms. The highest BCUT2D eigenvalue weighted by Crippen LogP contribution is 2.26. The number of nitrogens with one attached hydrogen (secondary N) is 1. The average molecular weight is 372 g/mol. The van der Waals surface area contributed by atoms with E-state index in [0.717, 1.165) is 22.6 Å². The zero-order chi connectivity index (χ0) is 17.6. The summed E-state index contributed by atoms with van der Waals surface area (Å²) < 4.78 is 5.91. The van der Waals surface area contributed by atoms with Crippen LogP contribution in [0.2, 0.25) is 10.0 Å². The van der Waals surface area contributed by atoms with Gasteiger partial charge in [-0.05, 0) is 48.4 Å². The van der Waals surface area contributed by atoms with Gasteiger partial charge in [-0.3, -0.25) is 0 Å². The van der Waals surface area contributed by atoms with Gasteiger partial charge in [-0.25, -0.2) is 0 Å². The van der Waals surface area contributed by atoms with E-state index >= 15 is 0 Å². The van der Waals surface area contributed by atoms with E-state index in [1.54, 1.807) is 12.1 Å². The van der Waals surface area contributed by atoms with Crippen molar-refractivity contribution in [2.45, 2.75) is 20.1 Å². The van der Waals surface area contributed by atoms with Crippen molar-refractivity contribution in [3.8, 4) is 5.75 Å². The van der Waals surface area contributed by atoms with Gasteiger partial charge in [-0.2, -0.15) is 0 Å². The number of hydrogen-bond acceptors (Lipinski definition) is 2. The minimum absolute atomic E-state index is 0.554. The van der Waals surface area contributed by atoms with Crippen LogP contribution in [0.25, 0.3) is 0 Å². The van der Waals surface area contributed by atoms with E-state index < -0.39 is 0 Å².